The van der Waals surface area contributed by atoms with E-state index in [-0.39, 0.29) is 6.10 Å². The number of anilines is 3. The van der Waals surface area contributed by atoms with Gasteiger partial charge in [-0.15, -0.1) is 0 Å². The van der Waals surface area contributed by atoms with Crippen LogP contribution in [0, 0.1) is 0 Å². The van der Waals surface area contributed by atoms with Gasteiger partial charge >= 0.3 is 0 Å². The molecule has 0 aromatic heterocycles. The molecule has 0 bridgehead atoms. The maximum Gasteiger partial charge on any atom is 0.119 e. The van der Waals surface area contributed by atoms with E-state index in [4.69, 9.17) is 10.5 Å². The molecule has 0 saturated heterocycles. The zero-order valence-electron chi connectivity index (χ0n) is 11.6. The molecule has 19 heavy (non-hydrogen) atoms. The molecule has 2 aromatic carbocycles. The van der Waals surface area contributed by atoms with Crippen molar-refractivity contribution in [3.63, 3.8) is 0 Å². The van der Waals surface area contributed by atoms with Crippen molar-refractivity contribution in [1.82, 2.24) is 0 Å². The molecular formula is C16H20N2O. The van der Waals surface area contributed by atoms with Crippen LogP contribution in [-0.4, -0.2) is 13.2 Å². The summed E-state index contributed by atoms with van der Waals surface area (Å²) in [6.07, 6.45) is 0.188. The van der Waals surface area contributed by atoms with Crippen LogP contribution in [0.1, 0.15) is 13.8 Å². The van der Waals surface area contributed by atoms with Gasteiger partial charge in [-0.25, -0.2) is 0 Å². The molecule has 2 N–H and O–H groups in total. The minimum Gasteiger partial charge on any atom is -0.491 e. The van der Waals surface area contributed by atoms with Crippen molar-refractivity contribution in [3.05, 3.63) is 48.5 Å². The number of rotatable bonds is 4. The lowest BCUT2D eigenvalue weighted by Gasteiger charge is -2.21. The van der Waals surface area contributed by atoms with Crippen LogP contribution in [0.2, 0.25) is 0 Å². The van der Waals surface area contributed by atoms with E-state index in [1.807, 2.05) is 69.4 Å². The Kier molecular flexibility index (Phi) is 3.95. The molecule has 0 aliphatic rings. The molecule has 0 spiro atoms. The highest BCUT2D eigenvalue weighted by Crippen LogP contribution is 2.29. The quantitative estimate of drug-likeness (QED) is 0.845. The van der Waals surface area contributed by atoms with Crippen molar-refractivity contribution < 1.29 is 4.74 Å². The number of nitrogens with zero attached hydrogens (tertiary/aromatic N) is 1. The van der Waals surface area contributed by atoms with Gasteiger partial charge in [0.25, 0.3) is 0 Å². The largest absolute Gasteiger partial charge is 0.491 e. The van der Waals surface area contributed by atoms with E-state index in [0.29, 0.717) is 0 Å². The number of hydrogen-bond donors (Lipinski definition) is 1. The summed E-state index contributed by atoms with van der Waals surface area (Å²) in [5.74, 6) is 0.883. The molecule has 3 nitrogen and oxygen atoms in total. The van der Waals surface area contributed by atoms with Crippen molar-refractivity contribution in [1.29, 1.82) is 0 Å². The van der Waals surface area contributed by atoms with Crippen LogP contribution >= 0.6 is 0 Å². The third kappa shape index (κ3) is 3.19. The van der Waals surface area contributed by atoms with Crippen molar-refractivity contribution in [2.24, 2.45) is 0 Å². The van der Waals surface area contributed by atoms with E-state index in [2.05, 4.69) is 4.90 Å². The van der Waals surface area contributed by atoms with E-state index in [1.54, 1.807) is 0 Å². The van der Waals surface area contributed by atoms with Gasteiger partial charge in [0.1, 0.15) is 5.75 Å². The van der Waals surface area contributed by atoms with Gasteiger partial charge in [0.05, 0.1) is 17.5 Å². The Morgan fingerprint density at radius 1 is 1.00 bits per heavy atom. The van der Waals surface area contributed by atoms with E-state index in [9.17, 15) is 0 Å². The first-order chi connectivity index (χ1) is 9.08. The predicted octanol–water partition coefficient (Wildman–Crippen LogP) is 3.82. The zero-order chi connectivity index (χ0) is 13.8. The molecule has 2 aromatic rings. The molecule has 0 heterocycles. The van der Waals surface area contributed by atoms with Crippen LogP contribution in [0.3, 0.4) is 0 Å². The van der Waals surface area contributed by atoms with E-state index >= 15 is 0 Å². The minimum atomic E-state index is 0.188. The predicted molar refractivity (Wildman–Crippen MR) is 81.1 cm³/mol. The molecule has 0 unspecified atom stereocenters. The summed E-state index contributed by atoms with van der Waals surface area (Å²) < 4.78 is 5.64. The minimum absolute atomic E-state index is 0.188. The maximum atomic E-state index is 5.99. The van der Waals surface area contributed by atoms with Gasteiger partial charge in [-0.3, -0.25) is 0 Å². The number of para-hydroxylation sites is 2. The van der Waals surface area contributed by atoms with Gasteiger partial charge in [0.2, 0.25) is 0 Å². The molecule has 2 rings (SSSR count). The Hall–Kier alpha value is -2.16. The Morgan fingerprint density at radius 3 is 2.21 bits per heavy atom. The first kappa shape index (κ1) is 13.3. The Balaban J connectivity index is 2.20. The summed E-state index contributed by atoms with van der Waals surface area (Å²) in [5.41, 5.74) is 8.84. The van der Waals surface area contributed by atoms with Gasteiger partial charge in [-0.1, -0.05) is 12.1 Å². The molecule has 0 fully saturated rings. The van der Waals surface area contributed by atoms with Gasteiger partial charge in [-0.2, -0.15) is 0 Å². The average molecular weight is 256 g/mol. The molecule has 0 saturated carbocycles. The second-order valence-electron chi connectivity index (χ2n) is 4.78. The van der Waals surface area contributed by atoms with Gasteiger partial charge in [-0.05, 0) is 50.2 Å². The normalized spacial score (nSPS) is 10.5. The molecule has 100 valence electrons. The second-order valence-corrected chi connectivity index (χ2v) is 4.78. The zero-order valence-corrected chi connectivity index (χ0v) is 11.6. The average Bonchev–Trinajstić information content (AvgIpc) is 2.39. The van der Waals surface area contributed by atoms with Crippen molar-refractivity contribution in [2.75, 3.05) is 17.7 Å². The van der Waals surface area contributed by atoms with Crippen LogP contribution in [0.25, 0.3) is 0 Å². The highest BCUT2D eigenvalue weighted by Gasteiger charge is 2.07. The van der Waals surface area contributed by atoms with E-state index in [0.717, 1.165) is 22.8 Å². The second kappa shape index (κ2) is 5.65. The first-order valence-electron chi connectivity index (χ1n) is 6.43. The lowest BCUT2D eigenvalue weighted by Crippen LogP contribution is -2.11. The highest BCUT2D eigenvalue weighted by molar-refractivity contribution is 5.74. The summed E-state index contributed by atoms with van der Waals surface area (Å²) >= 11 is 0. The number of benzene rings is 2. The maximum absolute atomic E-state index is 5.99. The summed E-state index contributed by atoms with van der Waals surface area (Å²) in [7, 11) is 2.00. The number of hydrogen-bond acceptors (Lipinski definition) is 3. The summed E-state index contributed by atoms with van der Waals surface area (Å²) in [6.45, 7) is 4.04. The fraction of sp³-hybridized carbons (Fsp3) is 0.250. The summed E-state index contributed by atoms with van der Waals surface area (Å²) in [4.78, 5) is 2.06. The standard InChI is InChI=1S/C16H20N2O/c1-12(2)19-14-10-8-13(9-11-14)18(3)16-7-5-4-6-15(16)17/h4-12H,17H2,1-3H3. The molecule has 0 aliphatic carbocycles. The highest BCUT2D eigenvalue weighted by atomic mass is 16.5. The van der Waals surface area contributed by atoms with Crippen LogP contribution in [0.5, 0.6) is 5.75 Å². The Labute approximate surface area is 114 Å². The van der Waals surface area contributed by atoms with Crippen molar-refractivity contribution in [2.45, 2.75) is 20.0 Å². The molecule has 0 amide bonds. The summed E-state index contributed by atoms with van der Waals surface area (Å²) in [6, 6.07) is 15.9. The molecular weight excluding hydrogens is 236 g/mol. The van der Waals surface area contributed by atoms with Gasteiger partial charge in [0, 0.05) is 12.7 Å². The number of ether oxygens (including phenoxy) is 1. The van der Waals surface area contributed by atoms with Gasteiger partial charge in [0.15, 0.2) is 0 Å². The molecule has 3 heteroatoms. The smallest absolute Gasteiger partial charge is 0.119 e. The fourth-order valence-corrected chi connectivity index (χ4v) is 1.95. The fourth-order valence-electron chi connectivity index (χ4n) is 1.95. The topological polar surface area (TPSA) is 38.5 Å². The monoisotopic (exact) mass is 256 g/mol. The van der Waals surface area contributed by atoms with Crippen LogP contribution in [-0.2, 0) is 0 Å². The third-order valence-electron chi connectivity index (χ3n) is 2.89. The lowest BCUT2D eigenvalue weighted by molar-refractivity contribution is 0.242. The lowest BCUT2D eigenvalue weighted by atomic mass is 10.2. The van der Waals surface area contributed by atoms with Crippen LogP contribution in [0.15, 0.2) is 48.5 Å². The van der Waals surface area contributed by atoms with E-state index < -0.39 is 0 Å². The Bertz CT molecular complexity index is 535. The van der Waals surface area contributed by atoms with Crippen molar-refractivity contribution in [3.8, 4) is 5.75 Å². The van der Waals surface area contributed by atoms with Crippen molar-refractivity contribution >= 4 is 17.1 Å². The molecule has 0 aliphatic heterocycles. The van der Waals surface area contributed by atoms with Crippen LogP contribution < -0.4 is 15.4 Å². The molecule has 0 radical (unpaired) electrons. The first-order valence-corrected chi connectivity index (χ1v) is 6.43. The van der Waals surface area contributed by atoms with E-state index in [1.165, 1.54) is 0 Å². The molecule has 0 atom stereocenters. The third-order valence-corrected chi connectivity index (χ3v) is 2.89. The Morgan fingerprint density at radius 2 is 1.63 bits per heavy atom. The van der Waals surface area contributed by atoms with Gasteiger partial charge < -0.3 is 15.4 Å². The summed E-state index contributed by atoms with van der Waals surface area (Å²) in [5, 5.41) is 0. The number of nitrogen functional groups attached to an aromatic ring is 1. The van der Waals surface area contributed by atoms with Crippen LogP contribution in [0.4, 0.5) is 17.1 Å². The number of nitrogens with two attached hydrogens (primary N) is 1. The SMILES string of the molecule is CC(C)Oc1ccc(N(C)c2ccccc2N)cc1.